The van der Waals surface area contributed by atoms with Gasteiger partial charge in [-0.3, -0.25) is 4.79 Å². The summed E-state index contributed by atoms with van der Waals surface area (Å²) in [5.41, 5.74) is 8.65. The minimum absolute atomic E-state index is 0.400. The maximum absolute atomic E-state index is 10.8. The molecule has 0 radical (unpaired) electrons. The van der Waals surface area contributed by atoms with E-state index in [0.717, 1.165) is 54.2 Å². The summed E-state index contributed by atoms with van der Waals surface area (Å²) >= 11 is 7.58. The van der Waals surface area contributed by atoms with E-state index >= 15 is 0 Å². The topological polar surface area (TPSA) is 99.1 Å². The Morgan fingerprint density at radius 3 is 3.00 bits per heavy atom. The molecule has 5 N–H and O–H groups in total. The van der Waals surface area contributed by atoms with Crippen LogP contribution in [0.15, 0.2) is 30.8 Å². The first-order valence-electron chi connectivity index (χ1n) is 10.8. The largest absolute Gasteiger partial charge is 0.379 e. The van der Waals surface area contributed by atoms with Gasteiger partial charge in [0.05, 0.1) is 11.4 Å². The molecule has 7 nitrogen and oxygen atoms in total. The lowest BCUT2D eigenvalue weighted by Crippen LogP contribution is -2.42. The molecule has 1 amide bonds. The van der Waals surface area contributed by atoms with Crippen molar-refractivity contribution in [1.82, 2.24) is 25.5 Å². The third kappa shape index (κ3) is 5.50. The number of nitrogens with one attached hydrogen (secondary N) is 3. The summed E-state index contributed by atoms with van der Waals surface area (Å²) in [6.07, 6.45) is 3.53. The van der Waals surface area contributed by atoms with E-state index in [-0.39, 0.29) is 0 Å². The molecule has 5 rings (SSSR count). The first-order valence-corrected chi connectivity index (χ1v) is 12.0. The summed E-state index contributed by atoms with van der Waals surface area (Å²) in [6.45, 7) is 8.50. The van der Waals surface area contributed by atoms with Gasteiger partial charge < -0.3 is 26.3 Å². The Kier molecular flexibility index (Phi) is 7.15. The second-order valence-corrected chi connectivity index (χ2v) is 9.84. The molecular formula is C23H29ClN6OS. The van der Waals surface area contributed by atoms with Crippen LogP contribution in [0.2, 0.25) is 5.02 Å². The molecule has 32 heavy (non-hydrogen) atoms. The average molecular weight is 473 g/mol. The maximum atomic E-state index is 10.8. The number of aromatic nitrogens is 2. The Morgan fingerprint density at radius 1 is 1.41 bits per heavy atom. The fourth-order valence-electron chi connectivity index (χ4n) is 3.97. The monoisotopic (exact) mass is 472 g/mol. The Morgan fingerprint density at radius 2 is 2.25 bits per heavy atom. The molecule has 2 aliphatic rings. The highest BCUT2D eigenvalue weighted by atomic mass is 35.5. The first kappa shape index (κ1) is 22.8. The van der Waals surface area contributed by atoms with Crippen molar-refractivity contribution in [2.24, 2.45) is 5.73 Å². The van der Waals surface area contributed by atoms with Crippen molar-refractivity contribution in [3.8, 4) is 0 Å². The summed E-state index contributed by atoms with van der Waals surface area (Å²) in [5, 5.41) is 9.56. The zero-order valence-corrected chi connectivity index (χ0v) is 19.8. The van der Waals surface area contributed by atoms with Crippen LogP contribution in [0.5, 0.6) is 0 Å². The Bertz CT molecular complexity index is 1120. The number of carbonyl (C=O) groups is 1. The number of hydrogen-bond acceptors (Lipinski definition) is 6. The van der Waals surface area contributed by atoms with Gasteiger partial charge in [0, 0.05) is 52.9 Å². The number of rotatable bonds is 4. The van der Waals surface area contributed by atoms with E-state index in [9.17, 15) is 4.79 Å². The standard InChI is InChI=1S/C14H22N4S.C9H7ClN2O/c1-10(16-11-4-3-6-15-8-11)14-17-12-5-7-18(2)9-13(12)19-14;10-6-1-2-7-5(3-6)4-8(12-7)9(11)13/h11,15-16H,1,3-9H2,2H3;1-4,12H,(H2,11,13)/t11-;/m0./s1. The highest BCUT2D eigenvalue weighted by Gasteiger charge is 2.20. The average Bonchev–Trinajstić information content (AvgIpc) is 3.38. The van der Waals surface area contributed by atoms with Gasteiger partial charge in [0.15, 0.2) is 0 Å². The number of nitrogens with two attached hydrogens (primary N) is 1. The molecule has 0 unspecified atom stereocenters. The molecule has 0 spiro atoms. The number of thiazole rings is 1. The second kappa shape index (κ2) is 10.0. The Balaban J connectivity index is 0.000000165. The molecule has 0 bridgehead atoms. The van der Waals surface area contributed by atoms with Gasteiger partial charge >= 0.3 is 0 Å². The number of carbonyl (C=O) groups excluding carboxylic acids is 1. The van der Waals surface area contributed by atoms with Crippen LogP contribution in [-0.2, 0) is 13.0 Å². The van der Waals surface area contributed by atoms with E-state index in [0.29, 0.717) is 16.8 Å². The normalized spacial score (nSPS) is 18.5. The molecule has 1 fully saturated rings. The molecular weight excluding hydrogens is 444 g/mol. The van der Waals surface area contributed by atoms with Crippen molar-refractivity contribution in [1.29, 1.82) is 0 Å². The third-order valence-corrected chi connectivity index (χ3v) is 7.08. The lowest BCUT2D eigenvalue weighted by molar-refractivity contribution is 0.0996. The van der Waals surface area contributed by atoms with Crippen LogP contribution in [0, 0.1) is 0 Å². The van der Waals surface area contributed by atoms with Gasteiger partial charge in [-0.15, -0.1) is 11.3 Å². The second-order valence-electron chi connectivity index (χ2n) is 8.32. The summed E-state index contributed by atoms with van der Waals surface area (Å²) in [5.74, 6) is -0.465. The molecule has 9 heteroatoms. The molecule has 2 aromatic heterocycles. The van der Waals surface area contributed by atoms with Crippen molar-refractivity contribution in [2.45, 2.75) is 31.8 Å². The molecule has 170 valence electrons. The number of halogens is 1. The van der Waals surface area contributed by atoms with E-state index in [1.807, 2.05) is 6.07 Å². The molecule has 1 atom stereocenters. The van der Waals surface area contributed by atoms with E-state index in [4.69, 9.17) is 22.3 Å². The number of aromatic amines is 1. The smallest absolute Gasteiger partial charge is 0.265 e. The van der Waals surface area contributed by atoms with Gasteiger partial charge in [-0.25, -0.2) is 4.98 Å². The minimum atomic E-state index is -0.465. The van der Waals surface area contributed by atoms with Crippen molar-refractivity contribution >= 4 is 45.4 Å². The van der Waals surface area contributed by atoms with Gasteiger partial charge in [-0.05, 0) is 50.7 Å². The predicted molar refractivity (Wildman–Crippen MR) is 132 cm³/mol. The molecule has 2 aliphatic heterocycles. The number of amides is 1. The van der Waals surface area contributed by atoms with Gasteiger partial charge in [0.1, 0.15) is 10.7 Å². The highest BCUT2D eigenvalue weighted by Crippen LogP contribution is 2.27. The number of likely N-dealkylation sites (N-methyl/N-ethyl adjacent to an activating group) is 1. The molecule has 0 aliphatic carbocycles. The summed E-state index contributed by atoms with van der Waals surface area (Å²) < 4.78 is 0. The predicted octanol–water partition coefficient (Wildman–Crippen LogP) is 3.36. The minimum Gasteiger partial charge on any atom is -0.379 e. The van der Waals surface area contributed by atoms with Crippen LogP contribution < -0.4 is 16.4 Å². The lowest BCUT2D eigenvalue weighted by Gasteiger charge is -2.25. The number of piperidine rings is 1. The van der Waals surface area contributed by atoms with Crippen molar-refractivity contribution in [3.63, 3.8) is 0 Å². The van der Waals surface area contributed by atoms with Gasteiger partial charge in [0.2, 0.25) is 0 Å². The lowest BCUT2D eigenvalue weighted by atomic mass is 10.1. The number of H-pyrrole nitrogens is 1. The van der Waals surface area contributed by atoms with Crippen molar-refractivity contribution in [2.75, 3.05) is 26.7 Å². The van der Waals surface area contributed by atoms with Crippen LogP contribution in [0.25, 0.3) is 16.6 Å². The first-order chi connectivity index (χ1) is 15.4. The molecule has 1 aromatic carbocycles. The number of nitrogens with zero attached hydrogens (tertiary/aromatic N) is 2. The zero-order chi connectivity index (χ0) is 22.7. The number of primary amides is 1. The number of benzene rings is 1. The summed E-state index contributed by atoms with van der Waals surface area (Å²) in [4.78, 5) is 22.2. The quantitative estimate of drug-likeness (QED) is 0.466. The van der Waals surface area contributed by atoms with Crippen LogP contribution in [0.3, 0.4) is 0 Å². The van der Waals surface area contributed by atoms with Gasteiger partial charge in [-0.2, -0.15) is 0 Å². The molecule has 3 aromatic rings. The number of hydrogen-bond donors (Lipinski definition) is 4. The Labute approximate surface area is 197 Å². The third-order valence-electron chi connectivity index (χ3n) is 5.70. The van der Waals surface area contributed by atoms with Crippen LogP contribution >= 0.6 is 22.9 Å². The van der Waals surface area contributed by atoms with Crippen LogP contribution in [0.4, 0.5) is 0 Å². The van der Waals surface area contributed by atoms with Crippen LogP contribution in [-0.4, -0.2) is 53.5 Å². The molecule has 4 heterocycles. The Hall–Kier alpha value is -2.39. The van der Waals surface area contributed by atoms with Crippen LogP contribution in [0.1, 0.15) is 38.9 Å². The highest BCUT2D eigenvalue weighted by molar-refractivity contribution is 7.12. The SMILES string of the molecule is C=C(N[C@H]1CCCNC1)c1nc2c(s1)CN(C)CC2.NC(=O)c1cc2cc(Cl)ccc2[nH]1. The number of fused-ring (bicyclic) bond motifs is 2. The summed E-state index contributed by atoms with van der Waals surface area (Å²) in [7, 11) is 2.17. The van der Waals surface area contributed by atoms with Gasteiger partial charge in [-0.1, -0.05) is 18.2 Å². The van der Waals surface area contributed by atoms with E-state index < -0.39 is 5.91 Å². The summed E-state index contributed by atoms with van der Waals surface area (Å²) in [6, 6.07) is 7.53. The molecule has 0 saturated carbocycles. The van der Waals surface area contributed by atoms with E-state index in [1.165, 1.54) is 23.4 Å². The van der Waals surface area contributed by atoms with Crippen molar-refractivity contribution < 1.29 is 4.79 Å². The fraction of sp³-hybridized carbons (Fsp3) is 0.391. The van der Waals surface area contributed by atoms with Gasteiger partial charge in [0.25, 0.3) is 5.91 Å². The fourth-order valence-corrected chi connectivity index (χ4v) is 5.27. The van der Waals surface area contributed by atoms with E-state index in [2.05, 4.69) is 34.1 Å². The van der Waals surface area contributed by atoms with E-state index in [1.54, 1.807) is 29.5 Å². The maximum Gasteiger partial charge on any atom is 0.265 e. The van der Waals surface area contributed by atoms with Crippen molar-refractivity contribution in [3.05, 3.63) is 57.1 Å². The zero-order valence-electron chi connectivity index (χ0n) is 18.2. The molecule has 1 saturated heterocycles.